The predicted molar refractivity (Wildman–Crippen MR) is 113 cm³/mol. The van der Waals surface area contributed by atoms with Crippen LogP contribution in [0.15, 0.2) is 71.4 Å². The monoisotopic (exact) mass is 406 g/mol. The van der Waals surface area contributed by atoms with Crippen LogP contribution in [0.2, 0.25) is 0 Å². The van der Waals surface area contributed by atoms with E-state index in [0.717, 1.165) is 34.4 Å². The number of nitrogens with zero attached hydrogens (tertiary/aromatic N) is 1. The lowest BCUT2D eigenvalue weighted by molar-refractivity contribution is 0.272. The Morgan fingerprint density at radius 3 is 2.80 bits per heavy atom. The quantitative estimate of drug-likeness (QED) is 0.396. The van der Waals surface area contributed by atoms with Crippen LogP contribution >= 0.6 is 0 Å². The molecule has 30 heavy (non-hydrogen) atoms. The van der Waals surface area contributed by atoms with E-state index >= 15 is 0 Å². The highest BCUT2D eigenvalue weighted by Gasteiger charge is 2.15. The van der Waals surface area contributed by atoms with E-state index in [0.29, 0.717) is 24.7 Å². The average molecular weight is 406 g/mol. The van der Waals surface area contributed by atoms with Gasteiger partial charge in [0, 0.05) is 37.1 Å². The Labute approximate surface area is 174 Å². The zero-order valence-electron chi connectivity index (χ0n) is 16.7. The first-order chi connectivity index (χ1) is 14.7. The standard InChI is InChI=1S/C24H23FN2O3/c1-17-23(16-29-20-7-2-6-19(25)13-20)30-22-9-3-8-21(24(17)22)28-12-11-27-15-18-5-4-10-26-14-18/h2-10,13-14,27H,11-12,15-16H2,1H3. The number of hydrogen-bond donors (Lipinski definition) is 1. The summed E-state index contributed by atoms with van der Waals surface area (Å²) in [5, 5.41) is 4.28. The molecule has 154 valence electrons. The lowest BCUT2D eigenvalue weighted by atomic mass is 10.1. The number of pyridine rings is 1. The van der Waals surface area contributed by atoms with Crippen molar-refractivity contribution in [3.8, 4) is 11.5 Å². The lowest BCUT2D eigenvalue weighted by Crippen LogP contribution is -2.20. The molecule has 0 aliphatic carbocycles. The van der Waals surface area contributed by atoms with Gasteiger partial charge in [0.25, 0.3) is 0 Å². The van der Waals surface area contributed by atoms with Crippen molar-refractivity contribution < 1.29 is 18.3 Å². The second kappa shape index (κ2) is 9.41. The van der Waals surface area contributed by atoms with Crippen LogP contribution in [-0.4, -0.2) is 18.1 Å². The van der Waals surface area contributed by atoms with Gasteiger partial charge in [0.2, 0.25) is 0 Å². The fourth-order valence-electron chi connectivity index (χ4n) is 3.25. The van der Waals surface area contributed by atoms with E-state index in [1.807, 2.05) is 43.5 Å². The van der Waals surface area contributed by atoms with Gasteiger partial charge in [0.15, 0.2) is 0 Å². The van der Waals surface area contributed by atoms with Gasteiger partial charge in [-0.25, -0.2) is 4.39 Å². The van der Waals surface area contributed by atoms with Crippen LogP contribution in [0.5, 0.6) is 11.5 Å². The molecule has 5 nitrogen and oxygen atoms in total. The zero-order chi connectivity index (χ0) is 20.8. The molecule has 2 heterocycles. The topological polar surface area (TPSA) is 56.5 Å². The highest BCUT2D eigenvalue weighted by atomic mass is 19.1. The van der Waals surface area contributed by atoms with Crippen molar-refractivity contribution in [1.29, 1.82) is 0 Å². The number of rotatable bonds is 9. The van der Waals surface area contributed by atoms with Gasteiger partial charge in [-0.3, -0.25) is 4.98 Å². The van der Waals surface area contributed by atoms with Crippen molar-refractivity contribution in [1.82, 2.24) is 10.3 Å². The normalized spacial score (nSPS) is 11.0. The predicted octanol–water partition coefficient (Wildman–Crippen LogP) is 5.02. The minimum Gasteiger partial charge on any atom is -0.491 e. The Balaban J connectivity index is 1.38. The fourth-order valence-corrected chi connectivity index (χ4v) is 3.25. The Hall–Kier alpha value is -3.38. The van der Waals surface area contributed by atoms with Gasteiger partial charge in [-0.2, -0.15) is 0 Å². The van der Waals surface area contributed by atoms with Crippen LogP contribution < -0.4 is 14.8 Å². The van der Waals surface area contributed by atoms with E-state index in [1.165, 1.54) is 12.1 Å². The molecule has 0 unspecified atom stereocenters. The summed E-state index contributed by atoms with van der Waals surface area (Å²) in [6, 6.07) is 15.8. The minimum absolute atomic E-state index is 0.218. The molecule has 2 aromatic carbocycles. The van der Waals surface area contributed by atoms with E-state index in [4.69, 9.17) is 13.9 Å². The van der Waals surface area contributed by atoms with Crippen LogP contribution in [-0.2, 0) is 13.2 Å². The molecule has 4 aromatic rings. The van der Waals surface area contributed by atoms with Gasteiger partial charge in [-0.05, 0) is 42.8 Å². The molecule has 0 atom stereocenters. The van der Waals surface area contributed by atoms with Crippen molar-refractivity contribution in [2.24, 2.45) is 0 Å². The van der Waals surface area contributed by atoms with Gasteiger partial charge in [0.1, 0.15) is 41.9 Å². The summed E-state index contributed by atoms with van der Waals surface area (Å²) < 4.78 is 31.0. The largest absolute Gasteiger partial charge is 0.491 e. The summed E-state index contributed by atoms with van der Waals surface area (Å²) >= 11 is 0. The molecule has 1 N–H and O–H groups in total. The molecule has 0 amide bonds. The van der Waals surface area contributed by atoms with Crippen LogP contribution in [0.4, 0.5) is 4.39 Å². The van der Waals surface area contributed by atoms with E-state index in [-0.39, 0.29) is 12.4 Å². The Kier molecular flexibility index (Phi) is 6.25. The summed E-state index contributed by atoms with van der Waals surface area (Å²) in [6.45, 7) is 4.17. The molecule has 0 saturated heterocycles. The fraction of sp³-hybridized carbons (Fsp3) is 0.208. The molecule has 0 aliphatic heterocycles. The molecule has 4 rings (SSSR count). The van der Waals surface area contributed by atoms with Gasteiger partial charge >= 0.3 is 0 Å². The summed E-state index contributed by atoms with van der Waals surface area (Å²) in [5.41, 5.74) is 2.83. The van der Waals surface area contributed by atoms with Crippen molar-refractivity contribution in [3.63, 3.8) is 0 Å². The van der Waals surface area contributed by atoms with Crippen molar-refractivity contribution >= 4 is 11.0 Å². The van der Waals surface area contributed by atoms with Gasteiger partial charge in [0.05, 0.1) is 5.39 Å². The summed E-state index contributed by atoms with van der Waals surface area (Å²) in [6.07, 6.45) is 3.61. The number of nitrogens with one attached hydrogen (secondary N) is 1. The highest BCUT2D eigenvalue weighted by Crippen LogP contribution is 2.33. The number of ether oxygens (including phenoxy) is 2. The molecule has 0 spiro atoms. The maximum absolute atomic E-state index is 13.3. The summed E-state index contributed by atoms with van der Waals surface area (Å²) in [4.78, 5) is 4.11. The summed E-state index contributed by atoms with van der Waals surface area (Å²) in [7, 11) is 0. The van der Waals surface area contributed by atoms with Crippen LogP contribution in [0, 0.1) is 12.7 Å². The number of furan rings is 1. The molecular formula is C24H23FN2O3. The van der Waals surface area contributed by atoms with Crippen molar-refractivity contribution in [3.05, 3.63) is 89.7 Å². The third kappa shape index (κ3) is 4.78. The van der Waals surface area contributed by atoms with Crippen molar-refractivity contribution in [2.45, 2.75) is 20.1 Å². The molecule has 2 aromatic heterocycles. The lowest BCUT2D eigenvalue weighted by Gasteiger charge is -2.09. The van der Waals surface area contributed by atoms with Crippen LogP contribution in [0.1, 0.15) is 16.9 Å². The number of fused-ring (bicyclic) bond motifs is 1. The smallest absolute Gasteiger partial charge is 0.146 e. The molecule has 0 fully saturated rings. The third-order valence-corrected chi connectivity index (χ3v) is 4.77. The Morgan fingerprint density at radius 1 is 1.07 bits per heavy atom. The first-order valence-electron chi connectivity index (χ1n) is 9.82. The number of aryl methyl sites for hydroxylation is 1. The minimum atomic E-state index is -0.332. The number of halogens is 1. The third-order valence-electron chi connectivity index (χ3n) is 4.77. The maximum atomic E-state index is 13.3. The SMILES string of the molecule is Cc1c(COc2cccc(F)c2)oc2cccc(OCCNCc3cccnc3)c12. The van der Waals surface area contributed by atoms with Gasteiger partial charge in [-0.1, -0.05) is 18.2 Å². The second-order valence-corrected chi connectivity index (χ2v) is 6.91. The molecule has 0 bridgehead atoms. The van der Waals surface area contributed by atoms with Gasteiger partial charge < -0.3 is 19.2 Å². The molecule has 6 heteroatoms. The maximum Gasteiger partial charge on any atom is 0.146 e. The molecular weight excluding hydrogens is 383 g/mol. The van der Waals surface area contributed by atoms with Crippen molar-refractivity contribution in [2.75, 3.05) is 13.2 Å². The average Bonchev–Trinajstić information content (AvgIpc) is 3.09. The molecule has 0 radical (unpaired) electrons. The molecule has 0 saturated carbocycles. The zero-order valence-corrected chi connectivity index (χ0v) is 16.7. The van der Waals surface area contributed by atoms with E-state index in [2.05, 4.69) is 10.3 Å². The number of aromatic nitrogens is 1. The number of hydrogen-bond acceptors (Lipinski definition) is 5. The first-order valence-corrected chi connectivity index (χ1v) is 9.82. The highest BCUT2D eigenvalue weighted by molar-refractivity contribution is 5.88. The van der Waals surface area contributed by atoms with Crippen LogP contribution in [0.3, 0.4) is 0 Å². The van der Waals surface area contributed by atoms with Crippen LogP contribution in [0.25, 0.3) is 11.0 Å². The Bertz CT molecular complexity index is 1110. The van der Waals surface area contributed by atoms with E-state index in [9.17, 15) is 4.39 Å². The second-order valence-electron chi connectivity index (χ2n) is 6.91. The number of benzene rings is 2. The van der Waals surface area contributed by atoms with E-state index in [1.54, 1.807) is 18.3 Å². The summed E-state index contributed by atoms with van der Waals surface area (Å²) in [5.74, 6) is 1.60. The van der Waals surface area contributed by atoms with E-state index < -0.39 is 0 Å². The first kappa shape index (κ1) is 19.9. The van der Waals surface area contributed by atoms with Gasteiger partial charge in [-0.15, -0.1) is 0 Å². The Morgan fingerprint density at radius 2 is 1.97 bits per heavy atom. The molecule has 0 aliphatic rings.